The minimum absolute atomic E-state index is 0.418. The Morgan fingerprint density at radius 2 is 1.92 bits per heavy atom. The Morgan fingerprint density at radius 3 is 2.60 bits per heavy atom. The van der Waals surface area contributed by atoms with Crippen LogP contribution in [0.4, 0.5) is 8.78 Å². The van der Waals surface area contributed by atoms with Crippen LogP contribution in [0, 0.1) is 40.7 Å². The highest BCUT2D eigenvalue weighted by molar-refractivity contribution is 5.42. The predicted molar refractivity (Wildman–Crippen MR) is 96.1 cm³/mol. The second kappa shape index (κ2) is 8.13. The molecular formula is C22H27F2N. The lowest BCUT2D eigenvalue weighted by molar-refractivity contribution is 0.184. The molecule has 0 bridgehead atoms. The molecule has 0 spiro atoms. The van der Waals surface area contributed by atoms with E-state index in [2.05, 4.69) is 19.1 Å². The van der Waals surface area contributed by atoms with E-state index in [-0.39, 0.29) is 0 Å². The number of rotatable bonds is 4. The maximum absolute atomic E-state index is 14.3. The van der Waals surface area contributed by atoms with Crippen LogP contribution >= 0.6 is 0 Å². The van der Waals surface area contributed by atoms with Crippen LogP contribution in [0.3, 0.4) is 0 Å². The van der Waals surface area contributed by atoms with Gasteiger partial charge in [0.15, 0.2) is 0 Å². The topological polar surface area (TPSA) is 23.8 Å². The minimum atomic E-state index is -0.702. The van der Waals surface area contributed by atoms with Gasteiger partial charge < -0.3 is 0 Å². The van der Waals surface area contributed by atoms with Gasteiger partial charge in [0, 0.05) is 0 Å². The summed E-state index contributed by atoms with van der Waals surface area (Å²) in [6, 6.07) is 3.07. The number of hydrogen-bond donors (Lipinski definition) is 0. The second-order valence-corrected chi connectivity index (χ2v) is 7.73. The first-order chi connectivity index (χ1) is 12.1. The Hall–Kier alpha value is -1.69. The number of hydrogen-bond acceptors (Lipinski definition) is 1. The average Bonchev–Trinajstić information content (AvgIpc) is 2.62. The smallest absolute Gasteiger partial charge is 0.147 e. The number of halogens is 2. The van der Waals surface area contributed by atoms with Gasteiger partial charge in [0.1, 0.15) is 23.3 Å². The molecule has 0 saturated heterocycles. The quantitative estimate of drug-likeness (QED) is 0.606. The summed E-state index contributed by atoms with van der Waals surface area (Å²) in [5, 5.41) is 8.92. The van der Waals surface area contributed by atoms with Crippen molar-refractivity contribution in [3.63, 3.8) is 0 Å². The van der Waals surface area contributed by atoms with Crippen molar-refractivity contribution in [1.82, 2.24) is 0 Å². The van der Waals surface area contributed by atoms with Crippen LogP contribution in [-0.2, 0) is 12.8 Å². The van der Waals surface area contributed by atoms with Crippen LogP contribution in [0.1, 0.15) is 68.6 Å². The molecule has 3 heteroatoms. The molecule has 0 radical (unpaired) electrons. The van der Waals surface area contributed by atoms with E-state index in [4.69, 9.17) is 5.26 Å². The lowest BCUT2D eigenvalue weighted by Gasteiger charge is -2.36. The summed E-state index contributed by atoms with van der Waals surface area (Å²) in [5.41, 5.74) is 0.952. The van der Waals surface area contributed by atoms with Gasteiger partial charge in [-0.05, 0) is 86.8 Å². The third-order valence-corrected chi connectivity index (χ3v) is 6.31. The second-order valence-electron chi connectivity index (χ2n) is 7.73. The van der Waals surface area contributed by atoms with Gasteiger partial charge in [-0.3, -0.25) is 0 Å². The van der Waals surface area contributed by atoms with Crippen LogP contribution in [0.15, 0.2) is 18.2 Å². The Kier molecular flexibility index (Phi) is 5.89. The molecule has 1 saturated carbocycles. The van der Waals surface area contributed by atoms with Gasteiger partial charge in [-0.15, -0.1) is 0 Å². The number of allylic oxidation sites excluding steroid dienone is 2. The fourth-order valence-electron chi connectivity index (χ4n) is 4.83. The number of fused-ring (bicyclic) bond motifs is 1. The normalized spacial score (nSPS) is 26.4. The van der Waals surface area contributed by atoms with E-state index in [9.17, 15) is 8.78 Å². The molecule has 3 rings (SSSR count). The van der Waals surface area contributed by atoms with Crippen molar-refractivity contribution in [2.75, 3.05) is 0 Å². The molecule has 1 atom stereocenters. The predicted octanol–water partition coefficient (Wildman–Crippen LogP) is 6.10. The maximum atomic E-state index is 14.3. The van der Waals surface area contributed by atoms with Gasteiger partial charge in [0.05, 0.1) is 0 Å². The fraction of sp³-hybridized carbons (Fsp3) is 0.591. The molecule has 25 heavy (non-hydrogen) atoms. The van der Waals surface area contributed by atoms with E-state index in [1.54, 1.807) is 6.07 Å². The van der Waals surface area contributed by atoms with Crippen molar-refractivity contribution in [3.05, 3.63) is 46.5 Å². The Labute approximate surface area is 149 Å². The average molecular weight is 343 g/mol. The molecule has 1 nitrogen and oxygen atoms in total. The molecule has 0 aliphatic heterocycles. The zero-order valence-corrected chi connectivity index (χ0v) is 15.0. The van der Waals surface area contributed by atoms with Gasteiger partial charge in [-0.25, -0.2) is 8.78 Å². The standard InChI is InChI=1S/C22H27F2N/c1-2-3-4-5-15-6-8-16(9-7-15)17-10-11-19-18(12-17)13-21(23)20(14-25)22(19)24/h2-3,13,15-17H,4-12H2,1H3. The first kappa shape index (κ1) is 18.1. The van der Waals surface area contributed by atoms with Crippen molar-refractivity contribution in [3.8, 4) is 6.07 Å². The zero-order valence-electron chi connectivity index (χ0n) is 15.0. The largest absolute Gasteiger partial charge is 0.205 e. The molecule has 134 valence electrons. The Bertz CT molecular complexity index is 678. The third-order valence-electron chi connectivity index (χ3n) is 6.31. The van der Waals surface area contributed by atoms with E-state index in [0.717, 1.165) is 24.3 Å². The van der Waals surface area contributed by atoms with Gasteiger partial charge in [-0.1, -0.05) is 25.0 Å². The van der Waals surface area contributed by atoms with Gasteiger partial charge in [0.2, 0.25) is 0 Å². The lowest BCUT2D eigenvalue weighted by Crippen LogP contribution is -2.27. The maximum Gasteiger partial charge on any atom is 0.147 e. The van der Waals surface area contributed by atoms with Crippen LogP contribution in [0.5, 0.6) is 0 Å². The molecule has 2 aliphatic rings. The van der Waals surface area contributed by atoms with Crippen LogP contribution in [-0.4, -0.2) is 0 Å². The Morgan fingerprint density at radius 1 is 1.16 bits per heavy atom. The van der Waals surface area contributed by atoms with Crippen molar-refractivity contribution in [2.45, 2.75) is 64.7 Å². The number of benzene rings is 1. The third kappa shape index (κ3) is 3.94. The van der Waals surface area contributed by atoms with Gasteiger partial charge in [-0.2, -0.15) is 5.26 Å². The summed E-state index contributed by atoms with van der Waals surface area (Å²) in [7, 11) is 0. The summed E-state index contributed by atoms with van der Waals surface area (Å²) >= 11 is 0. The zero-order chi connectivity index (χ0) is 17.8. The summed E-state index contributed by atoms with van der Waals surface area (Å²) < 4.78 is 28.3. The SMILES string of the molecule is CC=CCCC1CCC(C2CCc3c(cc(F)c(C#N)c3F)C2)CC1. The molecule has 1 unspecified atom stereocenters. The summed E-state index contributed by atoms with van der Waals surface area (Å²) in [5.74, 6) is 0.746. The molecule has 1 aromatic carbocycles. The summed E-state index contributed by atoms with van der Waals surface area (Å²) in [4.78, 5) is 0. The first-order valence-electron chi connectivity index (χ1n) is 9.65. The monoisotopic (exact) mass is 343 g/mol. The molecule has 1 aromatic rings. The van der Waals surface area contributed by atoms with Crippen molar-refractivity contribution < 1.29 is 8.78 Å². The summed E-state index contributed by atoms with van der Waals surface area (Å²) in [6.07, 6.45) is 14.3. The summed E-state index contributed by atoms with van der Waals surface area (Å²) in [6.45, 7) is 2.07. The molecule has 0 aromatic heterocycles. The fourth-order valence-corrected chi connectivity index (χ4v) is 4.83. The molecule has 0 N–H and O–H groups in total. The lowest BCUT2D eigenvalue weighted by atomic mass is 9.69. The first-order valence-corrected chi connectivity index (χ1v) is 9.65. The van der Waals surface area contributed by atoms with Crippen LogP contribution in [0.2, 0.25) is 0 Å². The Balaban J connectivity index is 1.62. The van der Waals surface area contributed by atoms with Gasteiger partial charge >= 0.3 is 0 Å². The van der Waals surface area contributed by atoms with E-state index in [1.165, 1.54) is 44.6 Å². The minimum Gasteiger partial charge on any atom is -0.205 e. The van der Waals surface area contributed by atoms with Gasteiger partial charge in [0.25, 0.3) is 0 Å². The van der Waals surface area contributed by atoms with Crippen molar-refractivity contribution in [2.24, 2.45) is 17.8 Å². The van der Waals surface area contributed by atoms with Crippen LogP contribution < -0.4 is 0 Å². The van der Waals surface area contributed by atoms with E-state index in [1.807, 2.05) is 0 Å². The van der Waals surface area contributed by atoms with Crippen molar-refractivity contribution in [1.29, 1.82) is 5.26 Å². The van der Waals surface area contributed by atoms with Crippen molar-refractivity contribution >= 4 is 0 Å². The highest BCUT2D eigenvalue weighted by Crippen LogP contribution is 2.41. The highest BCUT2D eigenvalue weighted by Gasteiger charge is 2.32. The molecule has 0 amide bonds. The van der Waals surface area contributed by atoms with E-state index >= 15 is 0 Å². The molecule has 2 aliphatic carbocycles. The molecular weight excluding hydrogens is 316 g/mol. The van der Waals surface area contributed by atoms with E-state index < -0.39 is 17.2 Å². The molecule has 1 fully saturated rings. The number of nitrogens with zero attached hydrogens (tertiary/aromatic N) is 1. The number of nitriles is 1. The van der Waals surface area contributed by atoms with E-state index in [0.29, 0.717) is 23.8 Å². The molecule has 0 heterocycles. The highest BCUT2D eigenvalue weighted by atomic mass is 19.1. The van der Waals surface area contributed by atoms with Crippen LogP contribution in [0.25, 0.3) is 0 Å².